The molecule has 1 aromatic carbocycles. The lowest BCUT2D eigenvalue weighted by molar-refractivity contribution is 0.0999. The van der Waals surface area contributed by atoms with Gasteiger partial charge in [-0.25, -0.2) is 8.78 Å². The highest BCUT2D eigenvalue weighted by molar-refractivity contribution is 5.95. The summed E-state index contributed by atoms with van der Waals surface area (Å²) in [5, 5.41) is 0. The van der Waals surface area contributed by atoms with Gasteiger partial charge >= 0.3 is 0 Å². The number of rotatable bonds is 5. The van der Waals surface area contributed by atoms with Crippen LogP contribution in [0.4, 0.5) is 8.78 Å². The van der Waals surface area contributed by atoms with Crippen molar-refractivity contribution in [1.29, 1.82) is 0 Å². The van der Waals surface area contributed by atoms with E-state index in [4.69, 9.17) is 5.73 Å². The average molecular weight is 292 g/mol. The van der Waals surface area contributed by atoms with Gasteiger partial charge in [0.2, 0.25) is 0 Å². The van der Waals surface area contributed by atoms with Crippen LogP contribution in [0.3, 0.4) is 0 Å². The van der Waals surface area contributed by atoms with E-state index in [1.165, 1.54) is 6.07 Å². The average Bonchev–Trinajstić information content (AvgIpc) is 2.77. The second kappa shape index (κ2) is 6.08. The second-order valence-corrected chi connectivity index (χ2v) is 5.03. The Kier molecular flexibility index (Phi) is 4.40. The molecule has 112 valence electrons. The summed E-state index contributed by atoms with van der Waals surface area (Å²) in [6, 6.07) is 5.36. The number of amides is 1. The fourth-order valence-electron chi connectivity index (χ4n) is 2.39. The van der Waals surface area contributed by atoms with Gasteiger partial charge < -0.3 is 10.3 Å². The standard InChI is InChI=1S/C16H18F2N2O/c1-3-4-7-20-10(2)12(16(19)21)9-15(20)11-5-6-13(17)14(18)8-11/h5-6,8-9H,3-4,7H2,1-2H3,(H2,19,21). The number of primary amides is 1. The topological polar surface area (TPSA) is 48.0 Å². The van der Waals surface area contributed by atoms with Crippen molar-refractivity contribution in [3.63, 3.8) is 0 Å². The number of carbonyl (C=O) groups excluding carboxylic acids is 1. The minimum absolute atomic E-state index is 0.408. The minimum atomic E-state index is -0.908. The molecule has 0 atom stereocenters. The van der Waals surface area contributed by atoms with Crippen LogP contribution in [-0.2, 0) is 6.54 Å². The summed E-state index contributed by atoms with van der Waals surface area (Å²) in [5.41, 5.74) is 7.73. The molecule has 0 radical (unpaired) electrons. The van der Waals surface area contributed by atoms with E-state index in [2.05, 4.69) is 6.92 Å². The normalized spacial score (nSPS) is 10.9. The van der Waals surface area contributed by atoms with Crippen LogP contribution in [0.5, 0.6) is 0 Å². The Hall–Kier alpha value is -2.17. The molecule has 0 fully saturated rings. The van der Waals surface area contributed by atoms with Gasteiger partial charge in [0.05, 0.1) is 5.56 Å². The smallest absolute Gasteiger partial charge is 0.250 e. The Morgan fingerprint density at radius 1 is 1.24 bits per heavy atom. The van der Waals surface area contributed by atoms with E-state index in [1.54, 1.807) is 13.0 Å². The van der Waals surface area contributed by atoms with Gasteiger partial charge in [-0.3, -0.25) is 4.79 Å². The van der Waals surface area contributed by atoms with Crippen molar-refractivity contribution in [2.75, 3.05) is 0 Å². The molecule has 2 aromatic rings. The van der Waals surface area contributed by atoms with Gasteiger partial charge in [-0.1, -0.05) is 13.3 Å². The van der Waals surface area contributed by atoms with E-state index in [0.717, 1.165) is 30.7 Å². The van der Waals surface area contributed by atoms with Crippen LogP contribution >= 0.6 is 0 Å². The molecule has 1 heterocycles. The highest BCUT2D eigenvalue weighted by atomic mass is 19.2. The molecule has 3 nitrogen and oxygen atoms in total. The number of benzene rings is 1. The Labute approximate surface area is 122 Å². The second-order valence-electron chi connectivity index (χ2n) is 5.03. The number of aromatic nitrogens is 1. The first-order chi connectivity index (χ1) is 9.95. The molecule has 0 aliphatic carbocycles. The predicted octanol–water partition coefficient (Wildman–Crippen LogP) is 3.64. The van der Waals surface area contributed by atoms with Crippen molar-refractivity contribution >= 4 is 5.91 Å². The third kappa shape index (κ3) is 2.96. The maximum atomic E-state index is 13.4. The first-order valence-corrected chi connectivity index (χ1v) is 6.91. The molecule has 2 rings (SSSR count). The summed E-state index contributed by atoms with van der Waals surface area (Å²) in [6.07, 6.45) is 1.91. The first-order valence-electron chi connectivity index (χ1n) is 6.91. The molecule has 21 heavy (non-hydrogen) atoms. The van der Waals surface area contributed by atoms with Crippen molar-refractivity contribution in [2.24, 2.45) is 5.73 Å². The molecule has 0 saturated heterocycles. The number of carbonyl (C=O) groups is 1. The summed E-state index contributed by atoms with van der Waals surface area (Å²) < 4.78 is 28.4. The Morgan fingerprint density at radius 2 is 1.95 bits per heavy atom. The van der Waals surface area contributed by atoms with Crippen molar-refractivity contribution in [3.05, 3.63) is 47.2 Å². The van der Waals surface area contributed by atoms with Crippen LogP contribution in [-0.4, -0.2) is 10.5 Å². The van der Waals surface area contributed by atoms with E-state index >= 15 is 0 Å². The molecule has 1 aromatic heterocycles. The fraction of sp³-hybridized carbons (Fsp3) is 0.312. The van der Waals surface area contributed by atoms with E-state index in [0.29, 0.717) is 23.4 Å². The lowest BCUT2D eigenvalue weighted by atomic mass is 10.1. The van der Waals surface area contributed by atoms with Gasteiger partial charge in [0.1, 0.15) is 0 Å². The summed E-state index contributed by atoms with van der Waals surface area (Å²) in [7, 11) is 0. The van der Waals surface area contributed by atoms with Gasteiger partial charge in [0, 0.05) is 23.5 Å². The van der Waals surface area contributed by atoms with E-state index in [-0.39, 0.29) is 0 Å². The maximum absolute atomic E-state index is 13.4. The number of hydrogen-bond donors (Lipinski definition) is 1. The summed E-state index contributed by atoms with van der Waals surface area (Å²) >= 11 is 0. The third-order valence-electron chi connectivity index (χ3n) is 3.58. The Bertz CT molecular complexity index is 677. The Morgan fingerprint density at radius 3 is 2.52 bits per heavy atom. The molecule has 0 unspecified atom stereocenters. The predicted molar refractivity (Wildman–Crippen MR) is 77.9 cm³/mol. The van der Waals surface area contributed by atoms with E-state index in [1.807, 2.05) is 4.57 Å². The molecule has 5 heteroatoms. The largest absolute Gasteiger partial charge is 0.366 e. The zero-order chi connectivity index (χ0) is 15.6. The molecular formula is C16H18F2N2O. The zero-order valence-electron chi connectivity index (χ0n) is 12.1. The highest BCUT2D eigenvalue weighted by Gasteiger charge is 2.17. The van der Waals surface area contributed by atoms with Crippen LogP contribution in [0.15, 0.2) is 24.3 Å². The molecule has 0 aliphatic heterocycles. The molecular weight excluding hydrogens is 274 g/mol. The SMILES string of the molecule is CCCCn1c(-c2ccc(F)c(F)c2)cc(C(N)=O)c1C. The number of nitrogens with zero attached hydrogens (tertiary/aromatic N) is 1. The van der Waals surface area contributed by atoms with Crippen LogP contribution < -0.4 is 5.73 Å². The number of nitrogens with two attached hydrogens (primary N) is 1. The minimum Gasteiger partial charge on any atom is -0.366 e. The first kappa shape index (κ1) is 15.2. The van der Waals surface area contributed by atoms with E-state index < -0.39 is 17.5 Å². The van der Waals surface area contributed by atoms with Gasteiger partial charge in [-0.15, -0.1) is 0 Å². The number of hydrogen-bond acceptors (Lipinski definition) is 1. The van der Waals surface area contributed by atoms with Gasteiger partial charge in [0.15, 0.2) is 11.6 Å². The van der Waals surface area contributed by atoms with Gasteiger partial charge in [0.25, 0.3) is 5.91 Å². The van der Waals surface area contributed by atoms with E-state index in [9.17, 15) is 13.6 Å². The number of unbranched alkanes of at least 4 members (excludes halogenated alkanes) is 1. The Balaban J connectivity index is 2.57. The molecule has 1 amide bonds. The van der Waals surface area contributed by atoms with Crippen molar-refractivity contribution in [1.82, 2.24) is 4.57 Å². The highest BCUT2D eigenvalue weighted by Crippen LogP contribution is 2.27. The molecule has 2 N–H and O–H groups in total. The lowest BCUT2D eigenvalue weighted by Gasteiger charge is -2.11. The summed E-state index contributed by atoms with van der Waals surface area (Å²) in [5.74, 6) is -2.32. The molecule has 0 bridgehead atoms. The van der Waals surface area contributed by atoms with Gasteiger partial charge in [-0.05, 0) is 37.6 Å². The zero-order valence-corrected chi connectivity index (χ0v) is 12.1. The summed E-state index contributed by atoms with van der Waals surface area (Å²) in [4.78, 5) is 11.5. The molecule has 0 saturated carbocycles. The maximum Gasteiger partial charge on any atom is 0.250 e. The summed E-state index contributed by atoms with van der Waals surface area (Å²) in [6.45, 7) is 4.56. The van der Waals surface area contributed by atoms with Gasteiger partial charge in [-0.2, -0.15) is 0 Å². The van der Waals surface area contributed by atoms with Crippen LogP contribution in [0.25, 0.3) is 11.3 Å². The quantitative estimate of drug-likeness (QED) is 0.898. The van der Waals surface area contributed by atoms with Crippen molar-refractivity contribution in [2.45, 2.75) is 33.2 Å². The lowest BCUT2D eigenvalue weighted by Crippen LogP contribution is -2.12. The molecule has 0 aliphatic rings. The van der Waals surface area contributed by atoms with Crippen LogP contribution in [0.2, 0.25) is 0 Å². The monoisotopic (exact) mass is 292 g/mol. The van der Waals surface area contributed by atoms with Crippen molar-refractivity contribution < 1.29 is 13.6 Å². The van der Waals surface area contributed by atoms with Crippen LogP contribution in [0, 0.1) is 18.6 Å². The van der Waals surface area contributed by atoms with Crippen LogP contribution in [0.1, 0.15) is 35.8 Å². The third-order valence-corrected chi connectivity index (χ3v) is 3.58. The fourth-order valence-corrected chi connectivity index (χ4v) is 2.39. The number of halogens is 2. The molecule has 0 spiro atoms. The van der Waals surface area contributed by atoms with Crippen molar-refractivity contribution in [3.8, 4) is 11.3 Å².